The minimum Gasteiger partial charge on any atom is -0.667 e. The number of rotatable bonds is 3. The third-order valence-electron chi connectivity index (χ3n) is 2.37. The van der Waals surface area contributed by atoms with E-state index in [2.05, 4.69) is 0 Å². The van der Waals surface area contributed by atoms with Crippen molar-refractivity contribution in [3.63, 3.8) is 0 Å². The minimum atomic E-state index is -4.43. The molecule has 1 aromatic rings. The summed E-state index contributed by atoms with van der Waals surface area (Å²) in [4.78, 5) is 10.6. The van der Waals surface area contributed by atoms with E-state index < -0.39 is 17.6 Å². The molecule has 2 nitrogen and oxygen atoms in total. The van der Waals surface area contributed by atoms with Crippen molar-refractivity contribution in [2.24, 2.45) is 0 Å². The van der Waals surface area contributed by atoms with Crippen molar-refractivity contribution in [2.75, 3.05) is 0 Å². The standard InChI is InChI=1S/C12H14F3NO.Na/c1-7(2)9-3-8(5-11(16)17)4-10(6-9)12(13,14)15;/h3-4,6-7H,5H2,1-2H3,(H2,16,17);/q;+1/p-1. The van der Waals surface area contributed by atoms with Crippen LogP contribution in [0.4, 0.5) is 13.2 Å². The number of halogens is 3. The average molecular weight is 267 g/mol. The first-order valence-electron chi connectivity index (χ1n) is 5.15. The Morgan fingerprint density at radius 1 is 1.28 bits per heavy atom. The molecule has 0 aliphatic carbocycles. The predicted molar refractivity (Wildman–Crippen MR) is 58.6 cm³/mol. The Balaban J connectivity index is 0.00000289. The van der Waals surface area contributed by atoms with Crippen LogP contribution in [0.2, 0.25) is 0 Å². The van der Waals surface area contributed by atoms with Crippen LogP contribution in [-0.2, 0) is 17.4 Å². The van der Waals surface area contributed by atoms with E-state index in [4.69, 9.17) is 5.73 Å². The van der Waals surface area contributed by atoms with Gasteiger partial charge in [-0.25, -0.2) is 0 Å². The summed E-state index contributed by atoms with van der Waals surface area (Å²) in [6.45, 7) is 3.56. The molecule has 0 spiro atoms. The zero-order chi connectivity index (χ0) is 13.2. The molecule has 0 heterocycles. The molecule has 6 heteroatoms. The topological polar surface area (TPSA) is 40.9 Å². The molecule has 0 fully saturated rings. The Hall–Kier alpha value is -0.520. The van der Waals surface area contributed by atoms with Crippen molar-refractivity contribution in [3.8, 4) is 0 Å². The summed E-state index contributed by atoms with van der Waals surface area (Å²) in [6, 6.07) is 3.56. The predicted octanol–water partition coefficient (Wildman–Crippen LogP) is 0.954. The fourth-order valence-corrected chi connectivity index (χ4v) is 1.50. The van der Waals surface area contributed by atoms with Crippen molar-refractivity contribution in [2.45, 2.75) is 32.4 Å². The van der Waals surface area contributed by atoms with Gasteiger partial charge in [-0.2, -0.15) is 13.2 Å². The molecule has 0 radical (unpaired) electrons. The summed E-state index contributed by atoms with van der Waals surface area (Å²) < 4.78 is 37.9. The molecule has 0 saturated carbocycles. The van der Waals surface area contributed by atoms with Crippen molar-refractivity contribution >= 4 is 5.91 Å². The van der Waals surface area contributed by atoms with E-state index in [0.717, 1.165) is 12.1 Å². The fraction of sp³-hybridized carbons (Fsp3) is 0.417. The Bertz CT molecular complexity index is 430. The number of amides is 1. The summed E-state index contributed by atoms with van der Waals surface area (Å²) in [7, 11) is 0. The summed E-state index contributed by atoms with van der Waals surface area (Å²) >= 11 is 0. The number of carbonyl (C=O) groups excluding carboxylic acids is 1. The van der Waals surface area contributed by atoms with Crippen LogP contribution in [0.5, 0.6) is 0 Å². The molecule has 94 valence electrons. The van der Waals surface area contributed by atoms with E-state index >= 15 is 0 Å². The molecule has 0 aliphatic rings. The van der Waals surface area contributed by atoms with E-state index in [9.17, 15) is 18.0 Å². The molecule has 18 heavy (non-hydrogen) atoms. The van der Waals surface area contributed by atoms with Crippen LogP contribution in [0.15, 0.2) is 18.2 Å². The van der Waals surface area contributed by atoms with Crippen LogP contribution < -0.4 is 29.6 Å². The number of alkyl halides is 3. The number of hydrogen-bond acceptors (Lipinski definition) is 1. The summed E-state index contributed by atoms with van der Waals surface area (Å²) in [5.41, 5.74) is 6.80. The van der Waals surface area contributed by atoms with Gasteiger partial charge < -0.3 is 10.5 Å². The summed E-state index contributed by atoms with van der Waals surface area (Å²) in [5, 5.41) is 0. The maximum absolute atomic E-state index is 12.6. The van der Waals surface area contributed by atoms with Crippen molar-refractivity contribution in [1.82, 2.24) is 0 Å². The Morgan fingerprint density at radius 3 is 2.22 bits per heavy atom. The van der Waals surface area contributed by atoms with Gasteiger partial charge in [-0.05, 0) is 29.2 Å². The molecule has 0 atom stereocenters. The molecule has 1 amide bonds. The molecular formula is C12H13F3NNaO. The second-order valence-electron chi connectivity index (χ2n) is 4.22. The van der Waals surface area contributed by atoms with E-state index in [1.165, 1.54) is 0 Å². The molecule has 0 bridgehead atoms. The number of hydrogen-bond donors (Lipinski definition) is 0. The Labute approximate surface area is 126 Å². The zero-order valence-corrected chi connectivity index (χ0v) is 12.6. The van der Waals surface area contributed by atoms with Gasteiger partial charge in [0.05, 0.1) is 11.5 Å². The van der Waals surface area contributed by atoms with E-state index in [1.54, 1.807) is 19.9 Å². The SMILES string of the molecule is CC(C)c1cc(CC([NH-])=O)cc(C(F)(F)F)c1.[Na+]. The van der Waals surface area contributed by atoms with Crippen molar-refractivity contribution in [3.05, 3.63) is 40.6 Å². The van der Waals surface area contributed by atoms with Crippen LogP contribution in [0.25, 0.3) is 5.73 Å². The van der Waals surface area contributed by atoms with Crippen LogP contribution >= 0.6 is 0 Å². The van der Waals surface area contributed by atoms with Crippen LogP contribution in [0.3, 0.4) is 0 Å². The molecule has 0 aliphatic heterocycles. The van der Waals surface area contributed by atoms with Gasteiger partial charge in [-0.15, -0.1) is 0 Å². The quantitative estimate of drug-likeness (QED) is 0.752. The third kappa shape index (κ3) is 5.00. The van der Waals surface area contributed by atoms with Gasteiger partial charge >= 0.3 is 35.7 Å². The Morgan fingerprint density at radius 2 is 1.83 bits per heavy atom. The van der Waals surface area contributed by atoms with E-state index in [-0.39, 0.29) is 47.5 Å². The molecule has 0 aromatic heterocycles. The van der Waals surface area contributed by atoms with Gasteiger partial charge in [0.15, 0.2) is 0 Å². The van der Waals surface area contributed by atoms with Crippen molar-refractivity contribution in [1.29, 1.82) is 0 Å². The molecule has 0 saturated heterocycles. The van der Waals surface area contributed by atoms with Crippen LogP contribution in [-0.4, -0.2) is 5.91 Å². The first-order valence-corrected chi connectivity index (χ1v) is 5.15. The molecule has 1 N–H and O–H groups in total. The molecule has 1 aromatic carbocycles. The first-order chi connectivity index (χ1) is 7.70. The van der Waals surface area contributed by atoms with Crippen LogP contribution in [0.1, 0.15) is 36.5 Å². The molecule has 1 rings (SSSR count). The largest absolute Gasteiger partial charge is 1.00 e. The second-order valence-corrected chi connectivity index (χ2v) is 4.22. The summed E-state index contributed by atoms with van der Waals surface area (Å²) in [5.74, 6) is -0.948. The van der Waals surface area contributed by atoms with Gasteiger partial charge in [0.1, 0.15) is 0 Å². The van der Waals surface area contributed by atoms with E-state index in [1.807, 2.05) is 0 Å². The monoisotopic (exact) mass is 267 g/mol. The van der Waals surface area contributed by atoms with E-state index in [0.29, 0.717) is 5.56 Å². The number of carbonyl (C=O) groups is 1. The van der Waals surface area contributed by atoms with Gasteiger partial charge in [0.25, 0.3) is 0 Å². The van der Waals surface area contributed by atoms with Gasteiger partial charge in [-0.3, -0.25) is 0 Å². The second kappa shape index (κ2) is 6.59. The third-order valence-corrected chi connectivity index (χ3v) is 2.37. The minimum absolute atomic E-state index is 0. The number of nitrogens with one attached hydrogen (secondary N) is 1. The van der Waals surface area contributed by atoms with Gasteiger partial charge in [0, 0.05) is 6.42 Å². The smallest absolute Gasteiger partial charge is 0.667 e. The summed E-state index contributed by atoms with van der Waals surface area (Å²) in [6.07, 6.45) is -4.71. The zero-order valence-electron chi connectivity index (χ0n) is 10.6. The molecular weight excluding hydrogens is 254 g/mol. The first kappa shape index (κ1) is 17.5. The fourth-order valence-electron chi connectivity index (χ4n) is 1.50. The normalized spacial score (nSPS) is 11.2. The van der Waals surface area contributed by atoms with Crippen molar-refractivity contribution < 1.29 is 47.5 Å². The average Bonchev–Trinajstić information content (AvgIpc) is 2.14. The van der Waals surface area contributed by atoms with Crippen LogP contribution in [0, 0.1) is 0 Å². The molecule has 0 unspecified atom stereocenters. The number of benzene rings is 1. The van der Waals surface area contributed by atoms with Gasteiger partial charge in [-0.1, -0.05) is 19.9 Å². The maximum Gasteiger partial charge on any atom is 1.00 e. The van der Waals surface area contributed by atoms with Gasteiger partial charge in [0.2, 0.25) is 0 Å². The Kier molecular flexibility index (Phi) is 6.40. The maximum atomic E-state index is 12.6.